The SMILES string of the molecule is [Cl-].[Cl-].[Zr+2][c]1c2c(ccc1=C(c1ccccc1)c1ccccc1)=c1ccccc1=C2C1=CC=CC1. The van der Waals surface area contributed by atoms with Crippen molar-refractivity contribution in [2.45, 2.75) is 6.42 Å². The van der Waals surface area contributed by atoms with Gasteiger partial charge < -0.3 is 24.8 Å². The van der Waals surface area contributed by atoms with Gasteiger partial charge >= 0.3 is 204 Å². The van der Waals surface area contributed by atoms with Crippen molar-refractivity contribution < 1.29 is 49.5 Å². The second-order valence-corrected chi connectivity index (χ2v) is 9.49. The van der Waals surface area contributed by atoms with E-state index in [1.165, 1.54) is 82.3 Å². The van der Waals surface area contributed by atoms with Gasteiger partial charge in [-0.05, 0) is 0 Å². The van der Waals surface area contributed by atoms with Gasteiger partial charge in [-0.2, -0.15) is 0 Å². The zero-order chi connectivity index (χ0) is 21.5. The molecule has 163 valence electrons. The maximum absolute atomic E-state index is 2.35. The molecule has 0 aromatic heterocycles. The van der Waals surface area contributed by atoms with Crippen molar-refractivity contribution in [3.05, 3.63) is 158 Å². The van der Waals surface area contributed by atoms with Crippen LogP contribution in [0.2, 0.25) is 0 Å². The molecule has 0 aliphatic heterocycles. The second kappa shape index (κ2) is 10.4. The average Bonchev–Trinajstić information content (AvgIpc) is 3.49. The molecule has 0 unspecified atom stereocenters. The molecule has 3 heteroatoms. The first kappa shape index (κ1) is 24.7. The minimum absolute atomic E-state index is 0. The second-order valence-electron chi connectivity index (χ2n) is 8.26. The minimum atomic E-state index is 0. The molecule has 6 rings (SSSR count). The molecule has 0 radical (unpaired) electrons. The van der Waals surface area contributed by atoms with Crippen LogP contribution < -0.4 is 38.5 Å². The molecule has 4 aromatic carbocycles. The van der Waals surface area contributed by atoms with Gasteiger partial charge in [-0.1, -0.05) is 0 Å². The van der Waals surface area contributed by atoms with Crippen LogP contribution in [0.5, 0.6) is 0 Å². The quantitative estimate of drug-likeness (QED) is 0.298. The molecule has 0 nitrogen and oxygen atoms in total. The monoisotopic (exact) mass is 553 g/mol. The first-order valence-electron chi connectivity index (χ1n) is 11.0. The molecule has 0 fully saturated rings. The van der Waals surface area contributed by atoms with E-state index in [-0.39, 0.29) is 24.8 Å². The fourth-order valence-corrected chi connectivity index (χ4v) is 6.17. The topological polar surface area (TPSA) is 0 Å². The Kier molecular flexibility index (Phi) is 7.58. The van der Waals surface area contributed by atoms with E-state index < -0.39 is 0 Å². The van der Waals surface area contributed by atoms with Crippen LogP contribution in [0, 0.1) is 10.4 Å². The molecule has 34 heavy (non-hydrogen) atoms. The fourth-order valence-electron chi connectivity index (χ4n) is 5.02. The molecule has 0 atom stereocenters. The number of hydrogen-bond donors (Lipinski definition) is 0. The number of hydrogen-bond acceptors (Lipinski definition) is 0. The number of fused-ring (bicyclic) bond motifs is 2. The number of benzene rings is 4. The van der Waals surface area contributed by atoms with Crippen LogP contribution in [0.4, 0.5) is 0 Å². The molecule has 2 aliphatic rings. The summed E-state index contributed by atoms with van der Waals surface area (Å²) < 4.78 is 1.44. The van der Waals surface area contributed by atoms with Gasteiger partial charge in [-0.3, -0.25) is 0 Å². The Labute approximate surface area is 227 Å². The molecular formula is C31H21Cl2Zr. The van der Waals surface area contributed by atoms with Gasteiger partial charge in [-0.25, -0.2) is 0 Å². The number of rotatable bonds is 3. The van der Waals surface area contributed by atoms with Crippen LogP contribution in [-0.4, -0.2) is 0 Å². The average molecular weight is 556 g/mol. The fraction of sp³-hybridized carbons (Fsp3) is 0.0323. The maximum atomic E-state index is 2.35. The summed E-state index contributed by atoms with van der Waals surface area (Å²) in [7, 11) is 0. The Morgan fingerprint density at radius 1 is 0.618 bits per heavy atom. The van der Waals surface area contributed by atoms with Crippen molar-refractivity contribution >= 4 is 14.4 Å². The first-order chi connectivity index (χ1) is 15.8. The van der Waals surface area contributed by atoms with Crippen LogP contribution in [0.25, 0.3) is 11.1 Å². The van der Waals surface area contributed by atoms with Crippen LogP contribution in [-0.2, 0) is 24.7 Å². The number of allylic oxidation sites excluding steroid dienone is 4. The van der Waals surface area contributed by atoms with Gasteiger partial charge in [-0.15, -0.1) is 0 Å². The molecule has 0 saturated heterocycles. The van der Waals surface area contributed by atoms with Crippen molar-refractivity contribution in [2.24, 2.45) is 0 Å². The van der Waals surface area contributed by atoms with Gasteiger partial charge in [0.1, 0.15) is 0 Å². The van der Waals surface area contributed by atoms with E-state index in [9.17, 15) is 0 Å². The van der Waals surface area contributed by atoms with Gasteiger partial charge in [0.25, 0.3) is 0 Å². The Bertz CT molecular complexity index is 1590. The molecule has 0 N–H and O–H groups in total. The third kappa shape index (κ3) is 4.11. The molecule has 0 amide bonds. The summed E-state index contributed by atoms with van der Waals surface area (Å²) in [5, 5.41) is 5.45. The molecule has 0 saturated carbocycles. The van der Waals surface area contributed by atoms with Crippen molar-refractivity contribution in [3.63, 3.8) is 0 Å². The summed E-state index contributed by atoms with van der Waals surface area (Å²) in [5.41, 5.74) is 8.13. The third-order valence-electron chi connectivity index (χ3n) is 6.43. The first-order valence-corrected chi connectivity index (χ1v) is 12.3. The molecule has 2 aliphatic carbocycles. The van der Waals surface area contributed by atoms with E-state index in [0.29, 0.717) is 0 Å². The van der Waals surface area contributed by atoms with Crippen LogP contribution in [0.15, 0.2) is 121 Å². The van der Waals surface area contributed by atoms with Crippen LogP contribution in [0.1, 0.15) is 23.1 Å². The Morgan fingerprint density at radius 2 is 1.21 bits per heavy atom. The normalized spacial score (nSPS) is 12.9. The van der Waals surface area contributed by atoms with Crippen LogP contribution >= 0.6 is 0 Å². The summed E-state index contributed by atoms with van der Waals surface area (Å²) in [6.45, 7) is 0. The van der Waals surface area contributed by atoms with Gasteiger partial charge in [0, 0.05) is 0 Å². The zero-order valence-electron chi connectivity index (χ0n) is 18.4. The predicted octanol–water partition coefficient (Wildman–Crippen LogP) is -1.20. The van der Waals surface area contributed by atoms with Gasteiger partial charge in [0.05, 0.1) is 0 Å². The van der Waals surface area contributed by atoms with E-state index >= 15 is 0 Å². The Hall–Kier alpha value is -2.44. The third-order valence-corrected chi connectivity index (χ3v) is 7.71. The van der Waals surface area contributed by atoms with Crippen molar-refractivity contribution in [1.82, 2.24) is 0 Å². The van der Waals surface area contributed by atoms with E-state index in [1.807, 2.05) is 0 Å². The van der Waals surface area contributed by atoms with Gasteiger partial charge in [0.2, 0.25) is 0 Å². The van der Waals surface area contributed by atoms with E-state index in [2.05, 4.69) is 115 Å². The molecule has 0 spiro atoms. The molecule has 0 heterocycles. The van der Waals surface area contributed by atoms with E-state index in [4.69, 9.17) is 0 Å². The summed E-state index contributed by atoms with van der Waals surface area (Å²) in [6.07, 6.45) is 7.77. The summed E-state index contributed by atoms with van der Waals surface area (Å²) in [4.78, 5) is 0. The zero-order valence-corrected chi connectivity index (χ0v) is 22.4. The number of halogens is 2. The predicted molar refractivity (Wildman–Crippen MR) is 128 cm³/mol. The van der Waals surface area contributed by atoms with Gasteiger partial charge in [0.15, 0.2) is 0 Å². The van der Waals surface area contributed by atoms with Crippen molar-refractivity contribution in [1.29, 1.82) is 0 Å². The Balaban J connectivity index is 0.00000137. The molecular weight excluding hydrogens is 534 g/mol. The van der Waals surface area contributed by atoms with Crippen LogP contribution in [0.3, 0.4) is 0 Å². The van der Waals surface area contributed by atoms with E-state index in [1.54, 1.807) is 0 Å². The van der Waals surface area contributed by atoms with E-state index in [0.717, 1.165) is 6.42 Å². The molecule has 4 aromatic rings. The standard InChI is InChI=1S/C31H21.2ClH.Zr/c1-3-11-22(12-4-1)30(23-13-5-2-6-14-23)25-19-20-27-26-17-9-10-18-28(26)31(29(27)21-25)24-15-7-8-16-24;;;/h1-15,17-20H,16H2;2*1H;/q;;;+2/p-2. The summed E-state index contributed by atoms with van der Waals surface area (Å²) >= 11 is 1.44. The Morgan fingerprint density at radius 3 is 1.79 bits per heavy atom. The van der Waals surface area contributed by atoms with Crippen molar-refractivity contribution in [2.75, 3.05) is 0 Å². The summed E-state index contributed by atoms with van der Waals surface area (Å²) in [5.74, 6) is 0. The molecule has 0 bridgehead atoms. The van der Waals surface area contributed by atoms with Crippen molar-refractivity contribution in [3.8, 4) is 0 Å². The summed E-state index contributed by atoms with van der Waals surface area (Å²) in [6, 6.07) is 35.2.